The first-order chi connectivity index (χ1) is 11.1. The van der Waals surface area contributed by atoms with Crippen LogP contribution in [0.5, 0.6) is 0 Å². The van der Waals surface area contributed by atoms with Gasteiger partial charge in [0.25, 0.3) is 0 Å². The zero-order valence-electron chi connectivity index (χ0n) is 12.0. The zero-order valence-corrected chi connectivity index (χ0v) is 12.8. The van der Waals surface area contributed by atoms with E-state index in [9.17, 15) is 10.1 Å². The Kier molecular flexibility index (Phi) is 4.00. The number of amidine groups is 1. The van der Waals surface area contributed by atoms with Crippen LogP contribution in [0.2, 0.25) is 5.02 Å². The third-order valence-corrected chi connectivity index (χ3v) is 3.93. The number of nitriles is 1. The van der Waals surface area contributed by atoms with Crippen molar-refractivity contribution in [2.75, 3.05) is 5.32 Å². The molecule has 0 spiro atoms. The van der Waals surface area contributed by atoms with Crippen LogP contribution in [0.25, 0.3) is 0 Å². The molecule has 0 radical (unpaired) electrons. The number of fused-ring (bicyclic) bond motifs is 1. The molecule has 2 atom stereocenters. The van der Waals surface area contributed by atoms with E-state index in [0.717, 1.165) is 11.1 Å². The van der Waals surface area contributed by atoms with Gasteiger partial charge in [0, 0.05) is 16.3 Å². The van der Waals surface area contributed by atoms with Gasteiger partial charge in [-0.3, -0.25) is 9.79 Å². The molecule has 2 unspecified atom stereocenters. The summed E-state index contributed by atoms with van der Waals surface area (Å²) in [6.45, 7) is 0. The van der Waals surface area contributed by atoms with Gasteiger partial charge in [-0.05, 0) is 29.8 Å². The van der Waals surface area contributed by atoms with Crippen LogP contribution in [0, 0.1) is 17.2 Å². The normalized spacial score (nSPS) is 16.9. The average molecular weight is 325 g/mol. The van der Waals surface area contributed by atoms with E-state index in [0.29, 0.717) is 16.5 Å². The fourth-order valence-corrected chi connectivity index (χ4v) is 2.68. The number of rotatable bonds is 3. The van der Waals surface area contributed by atoms with Crippen molar-refractivity contribution in [1.82, 2.24) is 0 Å². The number of aliphatic imine (C=N–C) groups is 1. The summed E-state index contributed by atoms with van der Waals surface area (Å²) in [5.74, 6) is -1.04. The van der Waals surface area contributed by atoms with Crippen molar-refractivity contribution in [2.45, 2.75) is 6.04 Å². The number of nitrogens with zero attached hydrogens (tertiary/aromatic N) is 2. The molecule has 2 aromatic rings. The summed E-state index contributed by atoms with van der Waals surface area (Å²) in [4.78, 5) is 16.7. The van der Waals surface area contributed by atoms with Gasteiger partial charge >= 0.3 is 0 Å². The predicted molar refractivity (Wildman–Crippen MR) is 89.1 cm³/mol. The largest absolute Gasteiger partial charge is 0.383 e. The van der Waals surface area contributed by atoms with E-state index in [4.69, 9.17) is 17.3 Å². The van der Waals surface area contributed by atoms with Crippen LogP contribution in [0.1, 0.15) is 17.2 Å². The summed E-state index contributed by atoms with van der Waals surface area (Å²) >= 11 is 5.82. The molecule has 0 aliphatic carbocycles. The molecule has 0 aromatic heterocycles. The van der Waals surface area contributed by atoms with E-state index in [-0.39, 0.29) is 0 Å². The number of amides is 1. The second kappa shape index (κ2) is 6.11. The Hall–Kier alpha value is -2.84. The highest BCUT2D eigenvalue weighted by atomic mass is 35.5. The summed E-state index contributed by atoms with van der Waals surface area (Å²) in [5, 5.41) is 12.7. The fraction of sp³-hybridized carbons (Fsp3) is 0.118. The van der Waals surface area contributed by atoms with E-state index in [2.05, 4.69) is 10.3 Å². The molecule has 1 aliphatic heterocycles. The summed E-state index contributed by atoms with van der Waals surface area (Å²) < 4.78 is 0. The van der Waals surface area contributed by atoms with Gasteiger partial charge in [0.05, 0.1) is 6.07 Å². The topological polar surface area (TPSA) is 91.3 Å². The van der Waals surface area contributed by atoms with Crippen molar-refractivity contribution in [3.05, 3.63) is 64.7 Å². The lowest BCUT2D eigenvalue weighted by Crippen LogP contribution is -2.26. The number of hydrogen-bond acceptors (Lipinski definition) is 4. The summed E-state index contributed by atoms with van der Waals surface area (Å²) in [5.41, 5.74) is 8.03. The molecule has 0 bridgehead atoms. The molecule has 23 heavy (non-hydrogen) atoms. The SMILES string of the molecule is N#CC(C(=O)Nc1ccc(Cl)cc1)C1N=C(N)c2ccccc21. The van der Waals surface area contributed by atoms with E-state index in [1.807, 2.05) is 30.3 Å². The monoisotopic (exact) mass is 324 g/mol. The summed E-state index contributed by atoms with van der Waals surface area (Å²) in [6.07, 6.45) is 0. The van der Waals surface area contributed by atoms with Gasteiger partial charge in [0.2, 0.25) is 5.91 Å². The highest BCUT2D eigenvalue weighted by Crippen LogP contribution is 2.34. The molecule has 0 saturated heterocycles. The Morgan fingerprint density at radius 3 is 2.65 bits per heavy atom. The molecular formula is C17H13ClN4O. The lowest BCUT2D eigenvalue weighted by molar-refractivity contribution is -0.118. The Balaban J connectivity index is 1.85. The van der Waals surface area contributed by atoms with E-state index in [1.165, 1.54) is 0 Å². The predicted octanol–water partition coefficient (Wildman–Crippen LogP) is 2.88. The maximum absolute atomic E-state index is 12.5. The van der Waals surface area contributed by atoms with Crippen LogP contribution in [-0.4, -0.2) is 11.7 Å². The van der Waals surface area contributed by atoms with Gasteiger partial charge < -0.3 is 11.1 Å². The molecule has 3 N–H and O–H groups in total. The van der Waals surface area contributed by atoms with Crippen molar-refractivity contribution >= 4 is 29.0 Å². The molecule has 1 aliphatic rings. The number of anilines is 1. The van der Waals surface area contributed by atoms with Crippen molar-refractivity contribution in [1.29, 1.82) is 5.26 Å². The highest BCUT2D eigenvalue weighted by Gasteiger charge is 2.35. The Morgan fingerprint density at radius 2 is 1.96 bits per heavy atom. The molecule has 5 nitrogen and oxygen atoms in total. The van der Waals surface area contributed by atoms with Gasteiger partial charge in [-0.1, -0.05) is 35.9 Å². The highest BCUT2D eigenvalue weighted by molar-refractivity contribution is 6.30. The van der Waals surface area contributed by atoms with Gasteiger partial charge in [-0.2, -0.15) is 5.26 Å². The molecule has 1 amide bonds. The van der Waals surface area contributed by atoms with E-state index in [1.54, 1.807) is 24.3 Å². The molecule has 6 heteroatoms. The minimum Gasteiger partial charge on any atom is -0.383 e. The molecule has 3 rings (SSSR count). The molecule has 1 heterocycles. The first-order valence-corrected chi connectivity index (χ1v) is 7.36. The molecule has 0 fully saturated rings. The second-order valence-electron chi connectivity index (χ2n) is 5.15. The fourth-order valence-electron chi connectivity index (χ4n) is 2.56. The van der Waals surface area contributed by atoms with Crippen molar-refractivity contribution in [3.63, 3.8) is 0 Å². The van der Waals surface area contributed by atoms with Gasteiger partial charge in [-0.25, -0.2) is 0 Å². The number of benzene rings is 2. The van der Waals surface area contributed by atoms with Crippen LogP contribution in [0.15, 0.2) is 53.5 Å². The third kappa shape index (κ3) is 2.89. The third-order valence-electron chi connectivity index (χ3n) is 3.68. The molecular weight excluding hydrogens is 312 g/mol. The van der Waals surface area contributed by atoms with Gasteiger partial charge in [0.1, 0.15) is 11.9 Å². The number of nitrogens with two attached hydrogens (primary N) is 1. The van der Waals surface area contributed by atoms with Crippen molar-refractivity contribution < 1.29 is 4.79 Å². The Morgan fingerprint density at radius 1 is 1.26 bits per heavy atom. The lowest BCUT2D eigenvalue weighted by atomic mass is 9.93. The van der Waals surface area contributed by atoms with Crippen LogP contribution >= 0.6 is 11.6 Å². The lowest BCUT2D eigenvalue weighted by Gasteiger charge is -2.15. The summed E-state index contributed by atoms with van der Waals surface area (Å²) in [7, 11) is 0. The average Bonchev–Trinajstić information content (AvgIpc) is 2.88. The minimum absolute atomic E-state index is 0.352. The first-order valence-electron chi connectivity index (χ1n) is 6.99. The Bertz CT molecular complexity index is 823. The number of carbonyl (C=O) groups is 1. The van der Waals surface area contributed by atoms with Crippen LogP contribution in [-0.2, 0) is 4.79 Å². The van der Waals surface area contributed by atoms with Crippen LogP contribution in [0.3, 0.4) is 0 Å². The van der Waals surface area contributed by atoms with Crippen molar-refractivity contribution in [3.8, 4) is 6.07 Å². The van der Waals surface area contributed by atoms with Gasteiger partial charge in [-0.15, -0.1) is 0 Å². The van der Waals surface area contributed by atoms with Crippen molar-refractivity contribution in [2.24, 2.45) is 16.6 Å². The zero-order chi connectivity index (χ0) is 16.4. The number of halogens is 1. The minimum atomic E-state index is -0.965. The number of carbonyl (C=O) groups excluding carboxylic acids is 1. The van der Waals surface area contributed by atoms with E-state index < -0.39 is 17.9 Å². The van der Waals surface area contributed by atoms with Crippen LogP contribution < -0.4 is 11.1 Å². The van der Waals surface area contributed by atoms with Crippen LogP contribution in [0.4, 0.5) is 5.69 Å². The maximum atomic E-state index is 12.5. The number of nitrogens with one attached hydrogen (secondary N) is 1. The second-order valence-corrected chi connectivity index (χ2v) is 5.59. The molecule has 114 valence electrons. The smallest absolute Gasteiger partial charge is 0.244 e. The molecule has 2 aromatic carbocycles. The maximum Gasteiger partial charge on any atom is 0.244 e. The van der Waals surface area contributed by atoms with Gasteiger partial charge in [0.15, 0.2) is 5.92 Å². The number of hydrogen-bond donors (Lipinski definition) is 2. The quantitative estimate of drug-likeness (QED) is 0.909. The Labute approximate surface area is 138 Å². The van der Waals surface area contributed by atoms with E-state index >= 15 is 0 Å². The first kappa shape index (κ1) is 15.1. The standard InChI is InChI=1S/C17H13ClN4O/c18-10-5-7-11(8-6-10)21-17(23)14(9-19)15-12-3-1-2-4-13(12)16(20)22-15/h1-8,14-15H,(H2,20,22)(H,21,23). The summed E-state index contributed by atoms with van der Waals surface area (Å²) in [6, 6.07) is 15.5. The molecule has 0 saturated carbocycles.